The van der Waals surface area contributed by atoms with Crippen LogP contribution in [0.25, 0.3) is 0 Å². The van der Waals surface area contributed by atoms with Crippen LogP contribution in [0, 0.1) is 12.7 Å². The molecule has 50 valence electrons. The molecule has 0 aliphatic heterocycles. The Bertz CT molecular complexity index is 207. The summed E-state index contributed by atoms with van der Waals surface area (Å²) in [5, 5.41) is 2.10. The molecule has 0 atom stereocenters. The summed E-state index contributed by atoms with van der Waals surface area (Å²) in [6, 6.07) is 0. The Morgan fingerprint density at radius 1 is 1.67 bits per heavy atom. The molecule has 0 unspecified atom stereocenters. The SMILES string of the molecule is COc1scc(F)c1C. The van der Waals surface area contributed by atoms with E-state index in [1.807, 2.05) is 0 Å². The highest BCUT2D eigenvalue weighted by molar-refractivity contribution is 7.12. The van der Waals surface area contributed by atoms with E-state index in [1.165, 1.54) is 23.8 Å². The summed E-state index contributed by atoms with van der Waals surface area (Å²) >= 11 is 1.28. The first-order valence-electron chi connectivity index (χ1n) is 2.53. The van der Waals surface area contributed by atoms with Crippen LogP contribution in [-0.4, -0.2) is 7.11 Å². The maximum atomic E-state index is 12.5. The number of rotatable bonds is 1. The van der Waals surface area contributed by atoms with E-state index < -0.39 is 0 Å². The third kappa shape index (κ3) is 1.05. The van der Waals surface area contributed by atoms with E-state index in [2.05, 4.69) is 0 Å². The van der Waals surface area contributed by atoms with Crippen molar-refractivity contribution < 1.29 is 9.13 Å². The third-order valence-electron chi connectivity index (χ3n) is 1.12. The van der Waals surface area contributed by atoms with Crippen molar-refractivity contribution in [2.45, 2.75) is 6.92 Å². The zero-order valence-corrected chi connectivity index (χ0v) is 6.09. The van der Waals surface area contributed by atoms with Crippen LogP contribution in [0.1, 0.15) is 5.56 Å². The molecule has 0 saturated carbocycles. The van der Waals surface area contributed by atoms with Gasteiger partial charge < -0.3 is 4.74 Å². The van der Waals surface area contributed by atoms with Crippen molar-refractivity contribution in [3.63, 3.8) is 0 Å². The molecule has 0 fully saturated rings. The number of methoxy groups -OCH3 is 1. The Balaban J connectivity index is 3.04. The van der Waals surface area contributed by atoms with Crippen LogP contribution < -0.4 is 4.74 Å². The molecule has 1 aromatic rings. The molecular weight excluding hydrogens is 139 g/mol. The van der Waals surface area contributed by atoms with Gasteiger partial charge in [-0.25, -0.2) is 4.39 Å². The van der Waals surface area contributed by atoms with Gasteiger partial charge in [-0.3, -0.25) is 0 Å². The summed E-state index contributed by atoms with van der Waals surface area (Å²) in [6.07, 6.45) is 0. The second-order valence-corrected chi connectivity index (χ2v) is 2.54. The molecule has 1 rings (SSSR count). The zero-order chi connectivity index (χ0) is 6.85. The molecule has 0 saturated heterocycles. The topological polar surface area (TPSA) is 9.23 Å². The molecule has 1 heterocycles. The smallest absolute Gasteiger partial charge is 0.179 e. The predicted octanol–water partition coefficient (Wildman–Crippen LogP) is 2.20. The van der Waals surface area contributed by atoms with E-state index in [0.29, 0.717) is 10.6 Å². The molecule has 0 aliphatic carbocycles. The molecular formula is C6H7FOS. The molecule has 0 aliphatic rings. The lowest BCUT2D eigenvalue weighted by Crippen LogP contribution is -1.80. The van der Waals surface area contributed by atoms with Crippen LogP contribution in [0.3, 0.4) is 0 Å². The minimum absolute atomic E-state index is 0.183. The van der Waals surface area contributed by atoms with Crippen LogP contribution >= 0.6 is 11.3 Å². The van der Waals surface area contributed by atoms with Crippen LogP contribution in [0.4, 0.5) is 4.39 Å². The second kappa shape index (κ2) is 2.35. The Morgan fingerprint density at radius 3 is 2.56 bits per heavy atom. The van der Waals surface area contributed by atoms with Crippen molar-refractivity contribution >= 4 is 11.3 Å². The van der Waals surface area contributed by atoms with Crippen molar-refractivity contribution in [1.29, 1.82) is 0 Å². The van der Waals surface area contributed by atoms with Gasteiger partial charge >= 0.3 is 0 Å². The quantitative estimate of drug-likeness (QED) is 0.590. The van der Waals surface area contributed by atoms with Gasteiger partial charge in [0.15, 0.2) is 5.06 Å². The molecule has 0 N–H and O–H groups in total. The normalized spacial score (nSPS) is 9.67. The molecule has 0 radical (unpaired) electrons. The van der Waals surface area contributed by atoms with Crippen molar-refractivity contribution in [3.8, 4) is 5.06 Å². The average Bonchev–Trinajstić information content (AvgIpc) is 2.15. The van der Waals surface area contributed by atoms with Gasteiger partial charge in [0.05, 0.1) is 7.11 Å². The van der Waals surface area contributed by atoms with E-state index in [1.54, 1.807) is 6.92 Å². The largest absolute Gasteiger partial charge is 0.487 e. The standard InChI is InChI=1S/C6H7FOS/c1-4-5(7)3-9-6(4)8-2/h3H,1-2H3. The van der Waals surface area contributed by atoms with Crippen LogP contribution in [0.5, 0.6) is 5.06 Å². The molecule has 0 bridgehead atoms. The molecule has 0 aromatic carbocycles. The number of halogens is 1. The van der Waals surface area contributed by atoms with Gasteiger partial charge in [-0.1, -0.05) is 0 Å². The van der Waals surface area contributed by atoms with Crippen molar-refractivity contribution in [2.24, 2.45) is 0 Å². The highest BCUT2D eigenvalue weighted by Crippen LogP contribution is 2.27. The molecule has 9 heavy (non-hydrogen) atoms. The fraction of sp³-hybridized carbons (Fsp3) is 0.333. The summed E-state index contributed by atoms with van der Waals surface area (Å²) < 4.78 is 17.3. The first-order valence-corrected chi connectivity index (χ1v) is 3.41. The Hall–Kier alpha value is -0.570. The monoisotopic (exact) mass is 146 g/mol. The Morgan fingerprint density at radius 2 is 2.33 bits per heavy atom. The Kier molecular flexibility index (Phi) is 1.71. The van der Waals surface area contributed by atoms with Gasteiger partial charge in [-0.15, -0.1) is 11.3 Å². The Labute approximate surface area is 57.1 Å². The van der Waals surface area contributed by atoms with Crippen LogP contribution in [0.2, 0.25) is 0 Å². The van der Waals surface area contributed by atoms with E-state index >= 15 is 0 Å². The molecule has 1 nitrogen and oxygen atoms in total. The maximum absolute atomic E-state index is 12.5. The van der Waals surface area contributed by atoms with Gasteiger partial charge in [0.1, 0.15) is 5.82 Å². The van der Waals surface area contributed by atoms with Gasteiger partial charge in [0, 0.05) is 10.9 Å². The molecule has 0 amide bonds. The van der Waals surface area contributed by atoms with Crippen LogP contribution in [0.15, 0.2) is 5.38 Å². The third-order valence-corrected chi connectivity index (χ3v) is 2.13. The summed E-state index contributed by atoms with van der Waals surface area (Å²) in [6.45, 7) is 1.70. The number of hydrogen-bond donors (Lipinski definition) is 0. The van der Waals surface area contributed by atoms with Crippen molar-refractivity contribution in [3.05, 3.63) is 16.8 Å². The fourth-order valence-corrected chi connectivity index (χ4v) is 1.34. The van der Waals surface area contributed by atoms with Gasteiger partial charge in [0.2, 0.25) is 0 Å². The van der Waals surface area contributed by atoms with Crippen molar-refractivity contribution in [1.82, 2.24) is 0 Å². The number of hydrogen-bond acceptors (Lipinski definition) is 2. The molecule has 1 aromatic heterocycles. The average molecular weight is 146 g/mol. The number of thiophene rings is 1. The van der Waals surface area contributed by atoms with E-state index in [4.69, 9.17) is 4.74 Å². The lowest BCUT2D eigenvalue weighted by atomic mass is 10.4. The van der Waals surface area contributed by atoms with Crippen molar-refractivity contribution in [2.75, 3.05) is 7.11 Å². The fourth-order valence-electron chi connectivity index (χ4n) is 0.581. The van der Waals surface area contributed by atoms with Gasteiger partial charge in [0.25, 0.3) is 0 Å². The highest BCUT2D eigenvalue weighted by atomic mass is 32.1. The summed E-state index contributed by atoms with van der Waals surface area (Å²) in [4.78, 5) is 0. The summed E-state index contributed by atoms with van der Waals surface area (Å²) in [5.74, 6) is -0.183. The molecule has 3 heteroatoms. The lowest BCUT2D eigenvalue weighted by molar-refractivity contribution is 0.421. The zero-order valence-electron chi connectivity index (χ0n) is 5.27. The van der Waals surface area contributed by atoms with Gasteiger partial charge in [-0.05, 0) is 6.92 Å². The summed E-state index contributed by atoms with van der Waals surface area (Å²) in [5.41, 5.74) is 0.600. The maximum Gasteiger partial charge on any atom is 0.179 e. The minimum atomic E-state index is -0.183. The second-order valence-electron chi connectivity index (χ2n) is 1.70. The van der Waals surface area contributed by atoms with E-state index in [0.717, 1.165) is 0 Å². The van der Waals surface area contributed by atoms with Crippen LogP contribution in [-0.2, 0) is 0 Å². The minimum Gasteiger partial charge on any atom is -0.487 e. The van der Waals surface area contributed by atoms with E-state index in [-0.39, 0.29) is 5.82 Å². The number of ether oxygens (including phenoxy) is 1. The highest BCUT2D eigenvalue weighted by Gasteiger charge is 2.04. The van der Waals surface area contributed by atoms with E-state index in [9.17, 15) is 4.39 Å². The molecule has 0 spiro atoms. The summed E-state index contributed by atoms with van der Waals surface area (Å²) in [7, 11) is 1.54. The first kappa shape index (κ1) is 6.55. The van der Waals surface area contributed by atoms with Gasteiger partial charge in [-0.2, -0.15) is 0 Å². The lowest BCUT2D eigenvalue weighted by Gasteiger charge is -1.92. The predicted molar refractivity (Wildman–Crippen MR) is 35.6 cm³/mol. The first-order chi connectivity index (χ1) is 4.25.